The lowest BCUT2D eigenvalue weighted by Gasteiger charge is -2.18. The summed E-state index contributed by atoms with van der Waals surface area (Å²) in [6.45, 7) is 2.03. The fourth-order valence-corrected chi connectivity index (χ4v) is 2.44. The Hall–Kier alpha value is -3.36. The van der Waals surface area contributed by atoms with Crippen LogP contribution in [0, 0.1) is 6.92 Å². The molecule has 0 aliphatic carbocycles. The van der Waals surface area contributed by atoms with Crippen LogP contribution in [0.2, 0.25) is 0 Å². The molecule has 0 aromatic heterocycles. The summed E-state index contributed by atoms with van der Waals surface area (Å²) < 4.78 is 10.9. The zero-order valence-electron chi connectivity index (χ0n) is 16.0. The number of nitrogens with one attached hydrogen (secondary N) is 2. The number of hydrogen-bond acceptors (Lipinski definition) is 6. The number of aliphatic hydroxyl groups is 1. The predicted molar refractivity (Wildman–Crippen MR) is 107 cm³/mol. The lowest BCUT2D eigenvalue weighted by Crippen LogP contribution is -2.18. The number of aryl methyl sites for hydroxylation is 1. The van der Waals surface area contributed by atoms with Gasteiger partial charge in [0.25, 0.3) is 5.91 Å². The van der Waals surface area contributed by atoms with E-state index in [0.29, 0.717) is 17.0 Å². The molecule has 8 nitrogen and oxygen atoms in total. The second-order valence-corrected chi connectivity index (χ2v) is 6.14. The van der Waals surface area contributed by atoms with Gasteiger partial charge in [-0.15, -0.1) is 0 Å². The molecule has 0 saturated heterocycles. The van der Waals surface area contributed by atoms with Crippen molar-refractivity contribution in [2.24, 2.45) is 0 Å². The molecule has 0 heterocycles. The molecule has 4 N–H and O–H groups in total. The summed E-state index contributed by atoms with van der Waals surface area (Å²) in [4.78, 5) is 23.5. The number of rotatable bonds is 9. The van der Waals surface area contributed by atoms with Crippen molar-refractivity contribution < 1.29 is 29.4 Å². The Bertz CT molecular complexity index is 818. The molecule has 154 valence electrons. The van der Waals surface area contributed by atoms with Crippen LogP contribution in [-0.2, 0) is 9.53 Å². The fourth-order valence-electron chi connectivity index (χ4n) is 2.44. The number of carbonyl (C=O) groups excluding carboxylic acids is 2. The lowest BCUT2D eigenvalue weighted by atomic mass is 10.1. The summed E-state index contributed by atoms with van der Waals surface area (Å²) in [7, 11) is 0. The third-order valence-electron chi connectivity index (χ3n) is 3.89. The largest absolute Gasteiger partial charge is 0.491 e. The smallest absolute Gasteiger partial charge is 0.412 e. The molecule has 29 heavy (non-hydrogen) atoms. The lowest BCUT2D eigenvalue weighted by molar-refractivity contribution is -0.124. The van der Waals surface area contributed by atoms with Gasteiger partial charge in [0.15, 0.2) is 0 Å². The second kappa shape index (κ2) is 11.5. The van der Waals surface area contributed by atoms with E-state index in [4.69, 9.17) is 19.8 Å². The summed E-state index contributed by atoms with van der Waals surface area (Å²) in [6.07, 6.45) is 1.54. The van der Waals surface area contributed by atoms with E-state index >= 15 is 0 Å². The van der Waals surface area contributed by atoms with Crippen molar-refractivity contribution in [2.45, 2.75) is 19.4 Å². The van der Waals surface area contributed by atoms with E-state index in [9.17, 15) is 9.59 Å². The van der Waals surface area contributed by atoms with Crippen LogP contribution in [0.5, 0.6) is 5.75 Å². The number of ether oxygens (including phenoxy) is 2. The molecule has 0 fully saturated rings. The molecule has 0 unspecified atom stereocenters. The SMILES string of the molecule is Cc1ccc(NC(=O)O[C@@H](C/C=C/C(=O)NO)c2ccc(OCCO)cc2)cc1. The summed E-state index contributed by atoms with van der Waals surface area (Å²) in [5.41, 5.74) is 3.86. The number of benzene rings is 2. The summed E-state index contributed by atoms with van der Waals surface area (Å²) in [5.74, 6) is -0.110. The van der Waals surface area contributed by atoms with E-state index < -0.39 is 18.1 Å². The number of carbonyl (C=O) groups is 2. The van der Waals surface area contributed by atoms with Crippen LogP contribution < -0.4 is 15.5 Å². The van der Waals surface area contributed by atoms with Crippen molar-refractivity contribution >= 4 is 17.7 Å². The van der Waals surface area contributed by atoms with Crippen LogP contribution in [0.25, 0.3) is 0 Å². The Morgan fingerprint density at radius 2 is 1.79 bits per heavy atom. The molecule has 2 aromatic rings. The standard InChI is InChI=1S/C21H24N2O6/c1-15-5-9-17(10-6-15)22-21(26)29-19(3-2-4-20(25)23-27)16-7-11-18(12-8-16)28-14-13-24/h2,4-12,19,24,27H,3,13-14H2,1H3,(H,22,26)(H,23,25)/b4-2+/t19-/m0/s1. The van der Waals surface area contributed by atoms with Gasteiger partial charge in [-0.2, -0.15) is 0 Å². The minimum Gasteiger partial charge on any atom is -0.491 e. The zero-order valence-corrected chi connectivity index (χ0v) is 16.0. The van der Waals surface area contributed by atoms with Gasteiger partial charge in [-0.3, -0.25) is 15.3 Å². The molecule has 0 spiro atoms. The van der Waals surface area contributed by atoms with Crippen molar-refractivity contribution in [3.8, 4) is 5.75 Å². The van der Waals surface area contributed by atoms with Crippen molar-refractivity contribution in [1.29, 1.82) is 0 Å². The molecule has 0 aliphatic heterocycles. The highest BCUT2D eigenvalue weighted by atomic mass is 16.6. The van der Waals surface area contributed by atoms with Crippen molar-refractivity contribution in [2.75, 3.05) is 18.5 Å². The average molecular weight is 400 g/mol. The number of amides is 2. The maximum absolute atomic E-state index is 12.3. The van der Waals surface area contributed by atoms with E-state index in [2.05, 4.69) is 5.32 Å². The van der Waals surface area contributed by atoms with Gasteiger partial charge in [0.05, 0.1) is 6.61 Å². The number of anilines is 1. The van der Waals surface area contributed by atoms with E-state index in [1.54, 1.807) is 36.4 Å². The molecule has 2 rings (SSSR count). The molecule has 8 heteroatoms. The highest BCUT2D eigenvalue weighted by molar-refractivity contribution is 5.86. The summed E-state index contributed by atoms with van der Waals surface area (Å²) in [6, 6.07) is 14.1. The minimum absolute atomic E-state index is 0.0929. The number of aliphatic hydroxyl groups excluding tert-OH is 1. The molecular weight excluding hydrogens is 376 g/mol. The summed E-state index contributed by atoms with van der Waals surface area (Å²) >= 11 is 0. The second-order valence-electron chi connectivity index (χ2n) is 6.14. The fraction of sp³-hybridized carbons (Fsp3) is 0.238. The van der Waals surface area contributed by atoms with Crippen LogP contribution in [0.15, 0.2) is 60.7 Å². The van der Waals surface area contributed by atoms with Gasteiger partial charge in [0.2, 0.25) is 0 Å². The first-order chi connectivity index (χ1) is 14.0. The maximum Gasteiger partial charge on any atom is 0.412 e. The van der Waals surface area contributed by atoms with E-state index in [1.807, 2.05) is 19.1 Å². The highest BCUT2D eigenvalue weighted by Gasteiger charge is 2.16. The van der Waals surface area contributed by atoms with E-state index in [1.165, 1.54) is 11.6 Å². The van der Waals surface area contributed by atoms with Gasteiger partial charge in [0.1, 0.15) is 18.5 Å². The highest BCUT2D eigenvalue weighted by Crippen LogP contribution is 2.25. The van der Waals surface area contributed by atoms with Gasteiger partial charge < -0.3 is 14.6 Å². The van der Waals surface area contributed by atoms with Gasteiger partial charge in [-0.25, -0.2) is 10.3 Å². The Balaban J connectivity index is 2.08. The quantitative estimate of drug-likeness (QED) is 0.292. The molecule has 2 aromatic carbocycles. The minimum atomic E-state index is -0.680. The normalized spacial score (nSPS) is 11.7. The van der Waals surface area contributed by atoms with Crippen molar-refractivity contribution in [3.05, 3.63) is 71.8 Å². The van der Waals surface area contributed by atoms with Gasteiger partial charge in [-0.1, -0.05) is 35.9 Å². The molecule has 1 atom stereocenters. The number of hydroxylamine groups is 1. The van der Waals surface area contributed by atoms with Crippen LogP contribution in [-0.4, -0.2) is 35.5 Å². The molecule has 0 bridgehead atoms. The monoisotopic (exact) mass is 400 g/mol. The molecule has 0 radical (unpaired) electrons. The Morgan fingerprint density at radius 1 is 1.10 bits per heavy atom. The van der Waals surface area contributed by atoms with Crippen LogP contribution in [0.4, 0.5) is 10.5 Å². The first-order valence-electron chi connectivity index (χ1n) is 9.00. The van der Waals surface area contributed by atoms with Gasteiger partial charge in [-0.05, 0) is 36.8 Å². The van der Waals surface area contributed by atoms with Crippen LogP contribution in [0.3, 0.4) is 0 Å². The molecule has 2 amide bonds. The molecular formula is C21H24N2O6. The van der Waals surface area contributed by atoms with Crippen molar-refractivity contribution in [3.63, 3.8) is 0 Å². The zero-order chi connectivity index (χ0) is 21.1. The van der Waals surface area contributed by atoms with Gasteiger partial charge in [0, 0.05) is 18.2 Å². The Labute approximate surface area is 168 Å². The number of hydrogen-bond donors (Lipinski definition) is 4. The third kappa shape index (κ3) is 7.65. The predicted octanol–water partition coefficient (Wildman–Crippen LogP) is 3.11. The summed E-state index contributed by atoms with van der Waals surface area (Å²) in [5, 5.41) is 20.1. The van der Waals surface area contributed by atoms with Crippen LogP contribution in [0.1, 0.15) is 23.7 Å². The third-order valence-corrected chi connectivity index (χ3v) is 3.89. The maximum atomic E-state index is 12.3. The van der Waals surface area contributed by atoms with Gasteiger partial charge >= 0.3 is 6.09 Å². The molecule has 0 saturated carbocycles. The molecule has 0 aliphatic rings. The first-order valence-corrected chi connectivity index (χ1v) is 9.00. The Kier molecular flexibility index (Phi) is 8.68. The Morgan fingerprint density at radius 3 is 2.41 bits per heavy atom. The van der Waals surface area contributed by atoms with Crippen molar-refractivity contribution in [1.82, 2.24) is 5.48 Å². The van der Waals surface area contributed by atoms with E-state index in [-0.39, 0.29) is 19.6 Å². The average Bonchev–Trinajstić information content (AvgIpc) is 2.73. The topological polar surface area (TPSA) is 117 Å². The van der Waals surface area contributed by atoms with Crippen LogP contribution >= 0.6 is 0 Å². The van der Waals surface area contributed by atoms with E-state index in [0.717, 1.165) is 11.6 Å². The first kappa shape index (κ1) is 21.9.